The average Bonchev–Trinajstić information content (AvgIpc) is 2.55. The van der Waals surface area contributed by atoms with Crippen LogP contribution in [-0.2, 0) is 10.3 Å². The van der Waals surface area contributed by atoms with Crippen molar-refractivity contribution in [2.45, 2.75) is 65.5 Å². The van der Waals surface area contributed by atoms with Crippen LogP contribution in [-0.4, -0.2) is 24.7 Å². The molecule has 1 aromatic carbocycles. The molecule has 0 saturated carbocycles. The Kier molecular flexibility index (Phi) is 5.04. The molecule has 0 aromatic heterocycles. The van der Waals surface area contributed by atoms with E-state index in [1.165, 1.54) is 6.07 Å². The zero-order chi connectivity index (χ0) is 20.0. The molecule has 5 heteroatoms. The van der Waals surface area contributed by atoms with Gasteiger partial charge in [-0.25, -0.2) is 4.39 Å². The van der Waals surface area contributed by atoms with Crippen molar-refractivity contribution in [2.24, 2.45) is 28.0 Å². The number of nitrogens with zero attached hydrogens (tertiary/aromatic N) is 1. The highest BCUT2D eigenvalue weighted by Gasteiger charge is 2.54. The topological polar surface area (TPSA) is 56.8 Å². The number of amidine groups is 1. The normalized spacial score (nSPS) is 29.2. The predicted octanol–water partition coefficient (Wildman–Crippen LogP) is 4.66. The van der Waals surface area contributed by atoms with E-state index in [0.29, 0.717) is 36.3 Å². The summed E-state index contributed by atoms with van der Waals surface area (Å²) in [5, 5.41) is 0. The van der Waals surface area contributed by atoms with Gasteiger partial charge in [0.2, 0.25) is 0 Å². The number of ether oxygens (including phenoxy) is 2. The Morgan fingerprint density at radius 1 is 1.26 bits per heavy atom. The molecule has 1 fully saturated rings. The van der Waals surface area contributed by atoms with Gasteiger partial charge in [-0.1, -0.05) is 27.7 Å². The van der Waals surface area contributed by atoms with Crippen LogP contribution in [0.5, 0.6) is 5.75 Å². The highest BCUT2D eigenvalue weighted by atomic mass is 19.1. The number of hydrogen-bond acceptors (Lipinski definition) is 4. The van der Waals surface area contributed by atoms with Gasteiger partial charge in [-0.15, -0.1) is 0 Å². The molecule has 4 nitrogen and oxygen atoms in total. The van der Waals surface area contributed by atoms with Crippen LogP contribution < -0.4 is 10.5 Å². The van der Waals surface area contributed by atoms with Crippen molar-refractivity contribution < 1.29 is 13.9 Å². The summed E-state index contributed by atoms with van der Waals surface area (Å²) < 4.78 is 27.0. The van der Waals surface area contributed by atoms with Crippen molar-refractivity contribution in [1.82, 2.24) is 0 Å². The van der Waals surface area contributed by atoms with Gasteiger partial charge in [-0.2, -0.15) is 0 Å². The van der Waals surface area contributed by atoms with E-state index in [-0.39, 0.29) is 22.8 Å². The summed E-state index contributed by atoms with van der Waals surface area (Å²) in [6.45, 7) is 13.5. The van der Waals surface area contributed by atoms with Gasteiger partial charge >= 0.3 is 0 Å². The summed E-state index contributed by atoms with van der Waals surface area (Å²) in [4.78, 5) is 4.90. The third kappa shape index (κ3) is 3.84. The van der Waals surface area contributed by atoms with Gasteiger partial charge in [0.05, 0.1) is 18.8 Å². The molecule has 27 heavy (non-hydrogen) atoms. The van der Waals surface area contributed by atoms with Gasteiger partial charge in [0.1, 0.15) is 22.9 Å². The van der Waals surface area contributed by atoms with Crippen LogP contribution in [0.25, 0.3) is 0 Å². The highest BCUT2D eigenvalue weighted by molar-refractivity contribution is 5.87. The molecule has 0 aliphatic carbocycles. The lowest BCUT2D eigenvalue weighted by Crippen LogP contribution is -2.56. The van der Waals surface area contributed by atoms with E-state index < -0.39 is 5.54 Å². The first kappa shape index (κ1) is 20.1. The second kappa shape index (κ2) is 6.77. The Bertz CT molecular complexity index is 742. The number of aliphatic imine (C=N–C) groups is 1. The number of hydrogen-bond donors (Lipinski definition) is 1. The highest BCUT2D eigenvalue weighted by Crippen LogP contribution is 2.52. The second-order valence-corrected chi connectivity index (χ2v) is 9.81. The van der Waals surface area contributed by atoms with Gasteiger partial charge in [0, 0.05) is 11.0 Å². The molecule has 1 saturated heterocycles. The minimum absolute atomic E-state index is 0.151. The first-order valence-electron chi connectivity index (χ1n) is 9.88. The van der Waals surface area contributed by atoms with Gasteiger partial charge in [-0.05, 0) is 56.7 Å². The molecule has 2 atom stereocenters. The fourth-order valence-electron chi connectivity index (χ4n) is 4.24. The summed E-state index contributed by atoms with van der Waals surface area (Å²) in [7, 11) is 0. The lowest BCUT2D eigenvalue weighted by Gasteiger charge is -2.52. The maximum absolute atomic E-state index is 15.0. The Hall–Kier alpha value is -1.62. The zero-order valence-electron chi connectivity index (χ0n) is 17.4. The molecule has 2 aliphatic heterocycles. The smallest absolute Gasteiger partial charge is 0.129 e. The molecule has 0 bridgehead atoms. The van der Waals surface area contributed by atoms with Crippen LogP contribution in [0.2, 0.25) is 0 Å². The first-order valence-corrected chi connectivity index (χ1v) is 9.88. The number of fused-ring (bicyclic) bond motifs is 1. The molecule has 0 unspecified atom stereocenters. The van der Waals surface area contributed by atoms with E-state index in [1.54, 1.807) is 12.1 Å². The Morgan fingerprint density at radius 2 is 1.96 bits per heavy atom. The number of halogens is 1. The van der Waals surface area contributed by atoms with E-state index >= 15 is 4.39 Å². The van der Waals surface area contributed by atoms with Gasteiger partial charge in [0.15, 0.2) is 0 Å². The lowest BCUT2D eigenvalue weighted by molar-refractivity contribution is -0.123. The minimum atomic E-state index is -0.795. The predicted molar refractivity (Wildman–Crippen MR) is 107 cm³/mol. The molecule has 1 aromatic rings. The van der Waals surface area contributed by atoms with Crippen molar-refractivity contribution >= 4 is 5.84 Å². The zero-order valence-corrected chi connectivity index (χ0v) is 17.4. The maximum atomic E-state index is 15.0. The maximum Gasteiger partial charge on any atom is 0.129 e. The van der Waals surface area contributed by atoms with Crippen LogP contribution in [0.4, 0.5) is 4.39 Å². The second-order valence-electron chi connectivity index (χ2n) is 9.81. The van der Waals surface area contributed by atoms with E-state index in [2.05, 4.69) is 41.5 Å². The lowest BCUT2D eigenvalue weighted by atomic mass is 9.63. The number of nitrogens with two attached hydrogens (primary N) is 1. The van der Waals surface area contributed by atoms with Gasteiger partial charge in [0.25, 0.3) is 0 Å². The molecule has 3 rings (SSSR count). The van der Waals surface area contributed by atoms with E-state index in [1.807, 2.05) is 0 Å². The van der Waals surface area contributed by atoms with Crippen molar-refractivity contribution in [3.05, 3.63) is 29.6 Å². The molecule has 150 valence electrons. The summed E-state index contributed by atoms with van der Waals surface area (Å²) in [5.41, 5.74) is 5.61. The van der Waals surface area contributed by atoms with E-state index in [0.717, 1.165) is 12.8 Å². The third-order valence-corrected chi connectivity index (χ3v) is 5.85. The van der Waals surface area contributed by atoms with Crippen LogP contribution in [0.1, 0.15) is 59.9 Å². The molecule has 0 spiro atoms. The van der Waals surface area contributed by atoms with Gasteiger partial charge in [-0.3, -0.25) is 4.99 Å². The van der Waals surface area contributed by atoms with Crippen LogP contribution in [0.15, 0.2) is 23.2 Å². The molecule has 2 N–H and O–H groups in total. The van der Waals surface area contributed by atoms with Crippen LogP contribution in [0, 0.1) is 23.1 Å². The molecule has 0 radical (unpaired) electrons. The molecular weight excluding hydrogens is 343 g/mol. The average molecular weight is 377 g/mol. The monoisotopic (exact) mass is 376 g/mol. The minimum Gasteiger partial charge on any atom is -0.493 e. The standard InChI is InChI=1S/C22H33FN2O2/c1-14(2)12-26-16-7-8-18(23)17(9-16)22-13-27-21(5,6)11-15(22)10-20(3,4)19(24)25-22/h7-9,14-15H,10-13H2,1-6H3,(H2,24,25)/t15-,22+/m1/s1. The Morgan fingerprint density at radius 3 is 2.63 bits per heavy atom. The molecule has 0 amide bonds. The Balaban J connectivity index is 2.08. The summed E-state index contributed by atoms with van der Waals surface area (Å²) in [6, 6.07) is 4.95. The largest absolute Gasteiger partial charge is 0.493 e. The first-order chi connectivity index (χ1) is 12.5. The van der Waals surface area contributed by atoms with Crippen LogP contribution >= 0.6 is 0 Å². The summed E-state index contributed by atoms with van der Waals surface area (Å²) in [5.74, 6) is 1.49. The Labute approximate surface area is 162 Å². The number of benzene rings is 1. The third-order valence-electron chi connectivity index (χ3n) is 5.85. The quantitative estimate of drug-likeness (QED) is 0.831. The van der Waals surface area contributed by atoms with Crippen molar-refractivity contribution in [3.63, 3.8) is 0 Å². The fourth-order valence-corrected chi connectivity index (χ4v) is 4.24. The van der Waals surface area contributed by atoms with Gasteiger partial charge < -0.3 is 15.2 Å². The molecular formula is C22H33FN2O2. The van der Waals surface area contributed by atoms with Crippen LogP contribution in [0.3, 0.4) is 0 Å². The summed E-state index contributed by atoms with van der Waals surface area (Å²) in [6.07, 6.45) is 1.66. The van der Waals surface area contributed by atoms with E-state index in [4.69, 9.17) is 20.2 Å². The molecule has 2 heterocycles. The number of rotatable bonds is 4. The fraction of sp³-hybridized carbons (Fsp3) is 0.682. The SMILES string of the molecule is CC(C)COc1ccc(F)c([C@]23COC(C)(C)C[C@H]2CC(C)(C)C(N)=N3)c1. The summed E-state index contributed by atoms with van der Waals surface area (Å²) >= 11 is 0. The van der Waals surface area contributed by atoms with E-state index in [9.17, 15) is 0 Å². The van der Waals surface area contributed by atoms with Crippen molar-refractivity contribution in [3.8, 4) is 5.75 Å². The molecule has 2 aliphatic rings. The van der Waals surface area contributed by atoms with Crippen molar-refractivity contribution in [2.75, 3.05) is 13.2 Å². The van der Waals surface area contributed by atoms with Crippen molar-refractivity contribution in [1.29, 1.82) is 0 Å².